The summed E-state index contributed by atoms with van der Waals surface area (Å²) in [7, 11) is 5.81. The number of esters is 2. The highest BCUT2D eigenvalue weighted by Crippen LogP contribution is 2.69. The standard InChI is InChI=1S/C30H35FN10O7S/c1-34-27-23-28(38-18(37-27)8-6-15-5-7-17(31)49-15)41(14-36-23)24-16-9-30(16,29(46)35-2)26(48-22(45)13-40(4)20(43)11-33)25(24)47-21(44)12-39(3)19(42)10-32/h5,7,14,16,24-26H,9-13,32-33H2,1-4H3,(H,35,46)(H,34,37,38)/t16?,24-,25+,26+,30+/m1/s1. The lowest BCUT2D eigenvalue weighted by molar-refractivity contribution is -0.176. The van der Waals surface area contributed by atoms with Crippen LogP contribution < -0.4 is 22.1 Å². The van der Waals surface area contributed by atoms with Crippen molar-refractivity contribution >= 4 is 58.0 Å². The number of carbonyl (C=O) groups is 5. The van der Waals surface area contributed by atoms with E-state index in [2.05, 4.69) is 37.4 Å². The quantitative estimate of drug-likeness (QED) is 0.131. The van der Waals surface area contributed by atoms with Gasteiger partial charge in [0.05, 0.1) is 35.8 Å². The van der Waals surface area contributed by atoms with Gasteiger partial charge in [0.2, 0.25) is 23.5 Å². The van der Waals surface area contributed by atoms with E-state index < -0.39 is 77.5 Å². The number of nitrogens with two attached hydrogens (primary N) is 2. The van der Waals surface area contributed by atoms with E-state index in [1.807, 2.05) is 0 Å². The van der Waals surface area contributed by atoms with Crippen molar-refractivity contribution in [3.63, 3.8) is 0 Å². The zero-order valence-electron chi connectivity index (χ0n) is 27.1. The number of imidazole rings is 1. The number of halogens is 1. The molecule has 3 amide bonds. The van der Waals surface area contributed by atoms with Crippen LogP contribution in [0.25, 0.3) is 11.2 Å². The first-order valence-corrected chi connectivity index (χ1v) is 15.9. The number of thiophene rings is 1. The van der Waals surface area contributed by atoms with Gasteiger partial charge in [-0.2, -0.15) is 4.39 Å². The monoisotopic (exact) mass is 698 g/mol. The van der Waals surface area contributed by atoms with Crippen LogP contribution in [0.2, 0.25) is 0 Å². The molecular weight excluding hydrogens is 663 g/mol. The summed E-state index contributed by atoms with van der Waals surface area (Å²) in [6.45, 7) is -1.64. The van der Waals surface area contributed by atoms with Gasteiger partial charge >= 0.3 is 11.9 Å². The number of carbonyl (C=O) groups excluding carboxylic acids is 5. The second-order valence-corrected chi connectivity index (χ2v) is 12.6. The van der Waals surface area contributed by atoms with Crippen molar-refractivity contribution in [2.24, 2.45) is 22.8 Å². The Hall–Kier alpha value is -5.19. The van der Waals surface area contributed by atoms with Crippen LogP contribution in [0.1, 0.15) is 23.2 Å². The van der Waals surface area contributed by atoms with E-state index in [-0.39, 0.29) is 31.0 Å². The molecule has 1 unspecified atom stereocenters. The molecule has 2 aliphatic rings. The Morgan fingerprint density at radius 2 is 1.69 bits per heavy atom. The molecule has 0 aromatic carbocycles. The molecule has 5 atom stereocenters. The molecule has 6 N–H and O–H groups in total. The average molecular weight is 699 g/mol. The van der Waals surface area contributed by atoms with Crippen molar-refractivity contribution in [3.05, 3.63) is 34.3 Å². The van der Waals surface area contributed by atoms with Gasteiger partial charge in [0.15, 0.2) is 34.3 Å². The van der Waals surface area contributed by atoms with E-state index in [1.165, 1.54) is 39.6 Å². The van der Waals surface area contributed by atoms with Crippen LogP contribution in [-0.4, -0.2) is 126 Å². The third-order valence-corrected chi connectivity index (χ3v) is 9.36. The number of ether oxygens (including phenoxy) is 2. The predicted molar refractivity (Wildman–Crippen MR) is 172 cm³/mol. The number of likely N-dealkylation sites (N-methyl/N-ethyl adjacent to an activating group) is 2. The fraction of sp³-hybridized carbons (Fsp3) is 0.467. The summed E-state index contributed by atoms with van der Waals surface area (Å²) in [6.07, 6.45) is -0.899. The molecule has 3 aromatic rings. The van der Waals surface area contributed by atoms with E-state index in [0.717, 1.165) is 21.1 Å². The molecule has 260 valence electrons. The number of nitrogens with one attached hydrogen (secondary N) is 2. The lowest BCUT2D eigenvalue weighted by atomic mass is 9.97. The summed E-state index contributed by atoms with van der Waals surface area (Å²) < 4.78 is 27.0. The highest BCUT2D eigenvalue weighted by atomic mass is 32.1. The van der Waals surface area contributed by atoms with Gasteiger partial charge < -0.3 is 45.9 Å². The highest BCUT2D eigenvalue weighted by molar-refractivity contribution is 7.10. The molecule has 0 spiro atoms. The number of nitrogens with zero attached hydrogens (tertiary/aromatic N) is 6. The number of aromatic nitrogens is 4. The van der Waals surface area contributed by atoms with Crippen LogP contribution >= 0.6 is 11.3 Å². The third kappa shape index (κ3) is 6.75. The first-order valence-electron chi connectivity index (χ1n) is 15.1. The molecule has 2 aliphatic carbocycles. The summed E-state index contributed by atoms with van der Waals surface area (Å²) in [5.74, 6) is 2.33. The van der Waals surface area contributed by atoms with Crippen LogP contribution in [0, 0.1) is 28.3 Å². The Bertz CT molecular complexity index is 1870. The van der Waals surface area contributed by atoms with Gasteiger partial charge in [-0.25, -0.2) is 15.0 Å². The number of hydrogen-bond donors (Lipinski definition) is 4. The van der Waals surface area contributed by atoms with Gasteiger partial charge in [0, 0.05) is 34.1 Å². The average Bonchev–Trinajstić information content (AvgIpc) is 3.31. The molecule has 49 heavy (non-hydrogen) atoms. The smallest absolute Gasteiger partial charge is 0.326 e. The van der Waals surface area contributed by atoms with Crippen LogP contribution in [0.15, 0.2) is 18.5 Å². The maximum absolute atomic E-state index is 13.6. The predicted octanol–water partition coefficient (Wildman–Crippen LogP) is -1.57. The zero-order valence-corrected chi connectivity index (χ0v) is 27.9. The van der Waals surface area contributed by atoms with Crippen LogP contribution in [0.3, 0.4) is 0 Å². The Balaban J connectivity index is 1.59. The van der Waals surface area contributed by atoms with Crippen molar-refractivity contribution in [1.82, 2.24) is 34.6 Å². The van der Waals surface area contributed by atoms with E-state index >= 15 is 0 Å². The highest BCUT2D eigenvalue weighted by Gasteiger charge is 2.78. The number of rotatable bonds is 11. The summed E-state index contributed by atoms with van der Waals surface area (Å²) in [6, 6.07) is 1.97. The van der Waals surface area contributed by atoms with Gasteiger partial charge in [-0.1, -0.05) is 11.3 Å². The van der Waals surface area contributed by atoms with Crippen molar-refractivity contribution < 1.29 is 37.8 Å². The van der Waals surface area contributed by atoms with Gasteiger partial charge in [0.25, 0.3) is 0 Å². The van der Waals surface area contributed by atoms with E-state index in [4.69, 9.17) is 20.9 Å². The summed E-state index contributed by atoms with van der Waals surface area (Å²) in [5.41, 5.74) is 10.2. The molecule has 2 saturated carbocycles. The summed E-state index contributed by atoms with van der Waals surface area (Å²) in [4.78, 5) is 80.4. The minimum Gasteiger partial charge on any atom is -0.456 e. The van der Waals surface area contributed by atoms with Gasteiger partial charge in [-0.05, 0) is 30.4 Å². The first-order chi connectivity index (χ1) is 23.4. The van der Waals surface area contributed by atoms with Crippen LogP contribution in [-0.2, 0) is 33.4 Å². The summed E-state index contributed by atoms with van der Waals surface area (Å²) in [5, 5.41) is 5.20. The number of anilines is 1. The van der Waals surface area contributed by atoms with E-state index in [1.54, 1.807) is 11.6 Å². The number of amides is 3. The number of hydrogen-bond acceptors (Lipinski definition) is 14. The maximum atomic E-state index is 13.6. The van der Waals surface area contributed by atoms with E-state index in [0.29, 0.717) is 16.2 Å². The minimum atomic E-state index is -1.32. The zero-order chi connectivity index (χ0) is 35.6. The Kier molecular flexibility index (Phi) is 10.1. The SMILES string of the molecule is CNC(=O)[C@@]12CC1[C@@H](n1cnc3c(NC)nc(C#Cc4ccc(F)s4)nc31)[C@H](OC(=O)CN(C)C(=O)CN)[C@@H]2OC(=O)CN(C)C(=O)CN. The van der Waals surface area contributed by atoms with Crippen molar-refractivity contribution in [2.75, 3.05) is 59.7 Å². The molecule has 0 aliphatic heterocycles. The Labute approximate surface area is 283 Å². The number of fused-ring (bicyclic) bond motifs is 2. The first kappa shape index (κ1) is 35.1. The normalized spacial score (nSPS) is 21.9. The molecule has 3 heterocycles. The summed E-state index contributed by atoms with van der Waals surface area (Å²) >= 11 is 0.864. The molecular formula is C30H35FN10O7S. The van der Waals surface area contributed by atoms with Crippen molar-refractivity contribution in [2.45, 2.75) is 24.7 Å². The van der Waals surface area contributed by atoms with Crippen LogP contribution in [0.4, 0.5) is 10.2 Å². The van der Waals surface area contributed by atoms with Crippen molar-refractivity contribution in [3.8, 4) is 11.8 Å². The third-order valence-electron chi connectivity index (χ3n) is 8.57. The van der Waals surface area contributed by atoms with Gasteiger partial charge in [-0.15, -0.1) is 0 Å². The Morgan fingerprint density at radius 3 is 2.27 bits per heavy atom. The fourth-order valence-corrected chi connectivity index (χ4v) is 6.73. The molecule has 0 saturated heterocycles. The van der Waals surface area contributed by atoms with Gasteiger partial charge in [-0.3, -0.25) is 24.0 Å². The molecule has 19 heteroatoms. The maximum Gasteiger partial charge on any atom is 0.326 e. The van der Waals surface area contributed by atoms with Crippen LogP contribution in [0.5, 0.6) is 0 Å². The second-order valence-electron chi connectivity index (χ2n) is 11.5. The van der Waals surface area contributed by atoms with Gasteiger partial charge in [0.1, 0.15) is 13.1 Å². The lowest BCUT2D eigenvalue weighted by Gasteiger charge is -2.31. The van der Waals surface area contributed by atoms with E-state index in [9.17, 15) is 28.4 Å². The molecule has 2 fully saturated rings. The van der Waals surface area contributed by atoms with Crippen molar-refractivity contribution in [1.29, 1.82) is 0 Å². The molecule has 0 radical (unpaired) electrons. The second kappa shape index (κ2) is 14.1. The Morgan fingerprint density at radius 1 is 1.04 bits per heavy atom. The molecule has 5 rings (SSSR count). The molecule has 3 aromatic heterocycles. The largest absolute Gasteiger partial charge is 0.456 e. The topological polar surface area (TPSA) is 230 Å². The lowest BCUT2D eigenvalue weighted by Crippen LogP contribution is -2.48. The fourth-order valence-electron chi connectivity index (χ4n) is 6.14. The minimum absolute atomic E-state index is 0.0739. The molecule has 17 nitrogen and oxygen atoms in total. The molecule has 0 bridgehead atoms.